The molecule has 1 aromatic rings. The summed E-state index contributed by atoms with van der Waals surface area (Å²) in [5.74, 6) is -1.41. The van der Waals surface area contributed by atoms with E-state index < -0.39 is 18.5 Å². The first kappa shape index (κ1) is 13.8. The highest BCUT2D eigenvalue weighted by Crippen LogP contribution is 2.38. The van der Waals surface area contributed by atoms with Gasteiger partial charge in [0.2, 0.25) is 5.91 Å². The van der Waals surface area contributed by atoms with Gasteiger partial charge in [-0.2, -0.15) is 13.2 Å². The lowest BCUT2D eigenvalue weighted by Crippen LogP contribution is -2.21. The number of rotatable bonds is 3. The van der Waals surface area contributed by atoms with E-state index in [0.29, 0.717) is 5.56 Å². The quantitative estimate of drug-likeness (QED) is 0.830. The molecule has 2 nitrogen and oxygen atoms in total. The Balaban J connectivity index is 2.06. The van der Waals surface area contributed by atoms with Crippen LogP contribution in [0.5, 0.6) is 0 Å². The topological polar surface area (TPSA) is 29.1 Å². The van der Waals surface area contributed by atoms with Crippen molar-refractivity contribution in [3.8, 4) is 0 Å². The Labute approximate surface area is 107 Å². The van der Waals surface area contributed by atoms with Crippen LogP contribution < -0.4 is 5.32 Å². The molecule has 0 aromatic heterocycles. The summed E-state index contributed by atoms with van der Waals surface area (Å²) in [6.45, 7) is 0. The van der Waals surface area contributed by atoms with Crippen LogP contribution in [-0.4, -0.2) is 12.1 Å². The molecule has 1 fully saturated rings. The predicted molar refractivity (Wildman–Crippen MR) is 62.3 cm³/mol. The van der Waals surface area contributed by atoms with Gasteiger partial charge in [0.15, 0.2) is 0 Å². The van der Waals surface area contributed by atoms with Crippen molar-refractivity contribution in [2.45, 2.75) is 37.8 Å². The highest BCUT2D eigenvalue weighted by atomic mass is 19.4. The summed E-state index contributed by atoms with van der Waals surface area (Å²) in [6, 6.07) is 3.87. The van der Waals surface area contributed by atoms with Gasteiger partial charge in [-0.05, 0) is 42.5 Å². The zero-order valence-corrected chi connectivity index (χ0v) is 10.1. The summed E-state index contributed by atoms with van der Waals surface area (Å²) < 4.78 is 49.6. The molecular weight excluding hydrogens is 262 g/mol. The Kier molecular flexibility index (Phi) is 3.78. The van der Waals surface area contributed by atoms with E-state index in [0.717, 1.165) is 19.3 Å². The van der Waals surface area contributed by atoms with Crippen LogP contribution in [0.4, 0.5) is 23.2 Å². The van der Waals surface area contributed by atoms with Crippen molar-refractivity contribution in [3.63, 3.8) is 0 Å². The van der Waals surface area contributed by atoms with E-state index >= 15 is 0 Å². The monoisotopic (exact) mass is 275 g/mol. The third-order valence-corrected chi connectivity index (χ3v) is 3.19. The molecule has 1 aromatic carbocycles. The molecule has 0 spiro atoms. The molecule has 0 saturated heterocycles. The second kappa shape index (κ2) is 5.19. The summed E-state index contributed by atoms with van der Waals surface area (Å²) in [5, 5.41) is 2.14. The Morgan fingerprint density at radius 2 is 2.00 bits per heavy atom. The third-order valence-electron chi connectivity index (χ3n) is 3.19. The number of nitrogens with one attached hydrogen (secondary N) is 1. The van der Waals surface area contributed by atoms with E-state index in [2.05, 4.69) is 5.32 Å². The van der Waals surface area contributed by atoms with Gasteiger partial charge in [-0.25, -0.2) is 4.39 Å². The number of amides is 1. The van der Waals surface area contributed by atoms with Crippen molar-refractivity contribution in [1.82, 2.24) is 0 Å². The maximum absolute atomic E-state index is 13.6. The van der Waals surface area contributed by atoms with Gasteiger partial charge in [0.1, 0.15) is 12.2 Å². The van der Waals surface area contributed by atoms with Crippen LogP contribution in [-0.2, 0) is 4.79 Å². The van der Waals surface area contributed by atoms with Gasteiger partial charge in [-0.3, -0.25) is 4.79 Å². The van der Waals surface area contributed by atoms with E-state index in [1.165, 1.54) is 18.2 Å². The molecule has 2 rings (SSSR count). The molecule has 0 bridgehead atoms. The van der Waals surface area contributed by atoms with Crippen LogP contribution in [0.1, 0.15) is 37.2 Å². The van der Waals surface area contributed by atoms with Gasteiger partial charge in [0, 0.05) is 5.69 Å². The summed E-state index contributed by atoms with van der Waals surface area (Å²) in [5.41, 5.74) is 0.675. The van der Waals surface area contributed by atoms with Crippen LogP contribution in [0.25, 0.3) is 0 Å². The average Bonchev–Trinajstić information content (AvgIpc) is 2.17. The maximum atomic E-state index is 13.6. The van der Waals surface area contributed by atoms with Gasteiger partial charge >= 0.3 is 6.18 Å². The maximum Gasteiger partial charge on any atom is 0.397 e. The lowest BCUT2D eigenvalue weighted by molar-refractivity contribution is -0.150. The fraction of sp³-hybridized carbons (Fsp3) is 0.462. The van der Waals surface area contributed by atoms with E-state index in [1.807, 2.05) is 0 Å². The molecule has 0 aliphatic heterocycles. The number of hydrogen-bond donors (Lipinski definition) is 1. The Morgan fingerprint density at radius 3 is 2.53 bits per heavy atom. The summed E-state index contributed by atoms with van der Waals surface area (Å²) in [7, 11) is 0. The lowest BCUT2D eigenvalue weighted by Gasteiger charge is -2.26. The minimum absolute atomic E-state index is 0.111. The van der Waals surface area contributed by atoms with Crippen LogP contribution in [0.3, 0.4) is 0 Å². The van der Waals surface area contributed by atoms with Crippen molar-refractivity contribution in [2.75, 3.05) is 5.32 Å². The van der Waals surface area contributed by atoms with Crippen LogP contribution in [0.2, 0.25) is 0 Å². The van der Waals surface area contributed by atoms with Gasteiger partial charge in [0.05, 0.1) is 0 Å². The first-order chi connectivity index (χ1) is 8.85. The summed E-state index contributed by atoms with van der Waals surface area (Å²) in [6.07, 6.45) is -3.31. The third kappa shape index (κ3) is 3.68. The molecule has 1 amide bonds. The van der Waals surface area contributed by atoms with Crippen molar-refractivity contribution in [1.29, 1.82) is 0 Å². The minimum atomic E-state index is -4.54. The molecule has 1 saturated carbocycles. The first-order valence-electron chi connectivity index (χ1n) is 6.01. The molecule has 19 heavy (non-hydrogen) atoms. The number of alkyl halides is 3. The number of halogens is 4. The molecule has 1 N–H and O–H groups in total. The molecule has 0 radical (unpaired) electrons. The van der Waals surface area contributed by atoms with E-state index in [4.69, 9.17) is 0 Å². The molecule has 0 heterocycles. The fourth-order valence-electron chi connectivity index (χ4n) is 2.04. The van der Waals surface area contributed by atoms with Crippen LogP contribution in [0.15, 0.2) is 18.2 Å². The number of anilines is 1. The van der Waals surface area contributed by atoms with Gasteiger partial charge in [-0.1, -0.05) is 6.42 Å². The van der Waals surface area contributed by atoms with Crippen molar-refractivity contribution in [2.24, 2.45) is 0 Å². The SMILES string of the molecule is O=C(CC(F)(F)F)Nc1ccc(F)c(C2CCC2)c1. The van der Waals surface area contributed by atoms with Gasteiger partial charge in [-0.15, -0.1) is 0 Å². The van der Waals surface area contributed by atoms with Crippen molar-refractivity contribution in [3.05, 3.63) is 29.6 Å². The fourth-order valence-corrected chi connectivity index (χ4v) is 2.04. The minimum Gasteiger partial charge on any atom is -0.326 e. The Bertz CT molecular complexity index is 480. The highest BCUT2D eigenvalue weighted by Gasteiger charge is 2.31. The van der Waals surface area contributed by atoms with E-state index in [-0.39, 0.29) is 17.4 Å². The molecule has 0 atom stereocenters. The molecular formula is C13H13F4NO. The van der Waals surface area contributed by atoms with Crippen molar-refractivity contribution >= 4 is 11.6 Å². The number of hydrogen-bond acceptors (Lipinski definition) is 1. The summed E-state index contributed by atoms with van der Waals surface area (Å²) >= 11 is 0. The second-order valence-corrected chi connectivity index (χ2v) is 4.70. The first-order valence-corrected chi connectivity index (χ1v) is 6.01. The highest BCUT2D eigenvalue weighted by molar-refractivity contribution is 5.91. The number of benzene rings is 1. The zero-order valence-electron chi connectivity index (χ0n) is 10.1. The number of carbonyl (C=O) groups is 1. The van der Waals surface area contributed by atoms with Crippen LogP contribution in [0, 0.1) is 5.82 Å². The van der Waals surface area contributed by atoms with E-state index in [1.54, 1.807) is 0 Å². The van der Waals surface area contributed by atoms with Crippen LogP contribution >= 0.6 is 0 Å². The molecule has 1 aliphatic rings. The second-order valence-electron chi connectivity index (χ2n) is 4.70. The zero-order chi connectivity index (χ0) is 14.0. The Hall–Kier alpha value is -1.59. The molecule has 6 heteroatoms. The predicted octanol–water partition coefficient (Wildman–Crippen LogP) is 3.98. The van der Waals surface area contributed by atoms with E-state index in [9.17, 15) is 22.4 Å². The Morgan fingerprint density at radius 1 is 1.32 bits per heavy atom. The standard InChI is InChI=1S/C13H13F4NO/c14-11-5-4-9(6-10(11)8-2-1-3-8)18-12(19)7-13(15,16)17/h4-6,8H,1-3,7H2,(H,18,19). The summed E-state index contributed by atoms with van der Waals surface area (Å²) in [4.78, 5) is 11.2. The lowest BCUT2D eigenvalue weighted by atomic mass is 9.80. The molecule has 104 valence electrons. The van der Waals surface area contributed by atoms with Crippen molar-refractivity contribution < 1.29 is 22.4 Å². The van der Waals surface area contributed by atoms with Gasteiger partial charge < -0.3 is 5.32 Å². The normalized spacial score (nSPS) is 16.0. The number of carbonyl (C=O) groups excluding carboxylic acids is 1. The molecule has 0 unspecified atom stereocenters. The average molecular weight is 275 g/mol. The molecule has 1 aliphatic carbocycles. The smallest absolute Gasteiger partial charge is 0.326 e. The largest absolute Gasteiger partial charge is 0.397 e. The van der Waals surface area contributed by atoms with Gasteiger partial charge in [0.25, 0.3) is 0 Å².